The maximum Gasteiger partial charge on any atom is 0.261 e. The van der Waals surface area contributed by atoms with Crippen molar-refractivity contribution in [3.8, 4) is 5.75 Å². The summed E-state index contributed by atoms with van der Waals surface area (Å²) >= 11 is 1.50. The van der Waals surface area contributed by atoms with Gasteiger partial charge in [0.05, 0.1) is 4.88 Å². The zero-order valence-corrected chi connectivity index (χ0v) is 16.0. The fraction of sp³-hybridized carbons (Fsp3) is 0.476. The predicted octanol–water partition coefficient (Wildman–Crippen LogP) is 5.40. The molecule has 0 unspecified atom stereocenters. The van der Waals surface area contributed by atoms with Crippen LogP contribution < -0.4 is 10.1 Å². The van der Waals surface area contributed by atoms with Gasteiger partial charge in [0.25, 0.3) is 5.91 Å². The number of carbonyl (C=O) groups excluding carboxylic acids is 1. The van der Waals surface area contributed by atoms with Crippen molar-refractivity contribution < 1.29 is 9.53 Å². The van der Waals surface area contributed by atoms with Crippen molar-refractivity contribution in [3.05, 3.63) is 51.2 Å². The lowest BCUT2D eigenvalue weighted by atomic mass is 10.1. The maximum atomic E-state index is 12.5. The molecule has 0 spiro atoms. The van der Waals surface area contributed by atoms with Crippen molar-refractivity contribution >= 4 is 17.2 Å². The molecule has 134 valence electrons. The number of rotatable bonds is 5. The van der Waals surface area contributed by atoms with Gasteiger partial charge in [-0.1, -0.05) is 43.4 Å². The van der Waals surface area contributed by atoms with E-state index in [1.54, 1.807) is 0 Å². The average Bonchev–Trinajstić information content (AvgIpc) is 2.92. The molecule has 1 aromatic carbocycles. The fourth-order valence-corrected chi connectivity index (χ4v) is 4.17. The van der Waals surface area contributed by atoms with E-state index in [-0.39, 0.29) is 5.91 Å². The lowest BCUT2D eigenvalue weighted by Gasteiger charge is -2.15. The summed E-state index contributed by atoms with van der Waals surface area (Å²) in [6.45, 7) is 4.63. The van der Waals surface area contributed by atoms with E-state index in [0.29, 0.717) is 12.6 Å². The van der Waals surface area contributed by atoms with E-state index in [9.17, 15) is 4.79 Å². The van der Waals surface area contributed by atoms with E-state index in [0.717, 1.165) is 34.6 Å². The molecule has 0 bridgehead atoms. The van der Waals surface area contributed by atoms with E-state index < -0.39 is 0 Å². The normalized spacial score (nSPS) is 15.6. The third kappa shape index (κ3) is 5.08. The average molecular weight is 358 g/mol. The topological polar surface area (TPSA) is 38.3 Å². The Balaban J connectivity index is 1.55. The second-order valence-corrected chi connectivity index (χ2v) is 7.95. The third-order valence-corrected chi connectivity index (χ3v) is 5.77. The monoisotopic (exact) mass is 357 g/mol. The van der Waals surface area contributed by atoms with E-state index >= 15 is 0 Å². The molecule has 1 aromatic heterocycles. The summed E-state index contributed by atoms with van der Waals surface area (Å²) in [6.07, 6.45) is 7.27. The summed E-state index contributed by atoms with van der Waals surface area (Å²) < 4.78 is 5.91. The van der Waals surface area contributed by atoms with Crippen LogP contribution in [0.4, 0.5) is 0 Å². The van der Waals surface area contributed by atoms with Gasteiger partial charge in [0.2, 0.25) is 0 Å². The number of hydrogen-bond donors (Lipinski definition) is 1. The van der Waals surface area contributed by atoms with Crippen LogP contribution in [0.2, 0.25) is 0 Å². The van der Waals surface area contributed by atoms with Crippen LogP contribution in [0.5, 0.6) is 5.75 Å². The van der Waals surface area contributed by atoms with E-state index in [4.69, 9.17) is 4.74 Å². The Morgan fingerprint density at radius 2 is 1.92 bits per heavy atom. The van der Waals surface area contributed by atoms with Crippen LogP contribution in [-0.4, -0.2) is 11.9 Å². The summed E-state index contributed by atoms with van der Waals surface area (Å²) in [5.41, 5.74) is 3.43. The van der Waals surface area contributed by atoms with Gasteiger partial charge in [-0.25, -0.2) is 0 Å². The van der Waals surface area contributed by atoms with Gasteiger partial charge in [-0.05, 0) is 49.8 Å². The first-order valence-electron chi connectivity index (χ1n) is 9.20. The molecule has 1 amide bonds. The first kappa shape index (κ1) is 18.0. The number of hydrogen-bond acceptors (Lipinski definition) is 3. The lowest BCUT2D eigenvalue weighted by molar-refractivity contribution is 0.0937. The van der Waals surface area contributed by atoms with Crippen LogP contribution in [0.3, 0.4) is 0 Å². The largest absolute Gasteiger partial charge is 0.489 e. The summed E-state index contributed by atoms with van der Waals surface area (Å²) in [6, 6.07) is 8.49. The molecule has 0 saturated heterocycles. The van der Waals surface area contributed by atoms with E-state index in [1.807, 2.05) is 17.5 Å². The summed E-state index contributed by atoms with van der Waals surface area (Å²) in [7, 11) is 0. The molecule has 0 aliphatic heterocycles. The van der Waals surface area contributed by atoms with E-state index in [1.165, 1.54) is 42.6 Å². The summed E-state index contributed by atoms with van der Waals surface area (Å²) in [4.78, 5) is 13.2. The Hall–Kier alpha value is -1.81. The highest BCUT2D eigenvalue weighted by molar-refractivity contribution is 7.12. The number of benzene rings is 1. The Bertz CT molecular complexity index is 714. The Morgan fingerprint density at radius 3 is 2.64 bits per heavy atom. The standard InChI is InChI=1S/C21H27NO2S/c1-15-9-10-19(16(2)11-15)24-13-17-12-20(25-14-17)21(23)22-18-7-5-3-4-6-8-18/h9-12,14,18H,3-8,13H2,1-2H3,(H,22,23). The van der Waals surface area contributed by atoms with Crippen LogP contribution in [0.1, 0.15) is 64.9 Å². The quantitative estimate of drug-likeness (QED) is 0.728. The molecule has 25 heavy (non-hydrogen) atoms. The first-order chi connectivity index (χ1) is 12.1. The van der Waals surface area contributed by atoms with Gasteiger partial charge in [-0.2, -0.15) is 0 Å². The molecule has 2 aromatic rings. The number of thiophene rings is 1. The Morgan fingerprint density at radius 1 is 1.16 bits per heavy atom. The molecule has 0 atom stereocenters. The molecule has 1 aliphatic rings. The first-order valence-corrected chi connectivity index (χ1v) is 10.1. The molecule has 1 N–H and O–H groups in total. The molecule has 1 fully saturated rings. The molecule has 1 heterocycles. The van der Waals surface area contributed by atoms with Crippen LogP contribution >= 0.6 is 11.3 Å². The van der Waals surface area contributed by atoms with Crippen molar-refractivity contribution in [2.75, 3.05) is 0 Å². The van der Waals surface area contributed by atoms with Crippen molar-refractivity contribution in [2.45, 2.75) is 65.0 Å². The van der Waals surface area contributed by atoms with Crippen molar-refractivity contribution in [1.82, 2.24) is 5.32 Å². The number of amides is 1. The number of nitrogens with one attached hydrogen (secondary N) is 1. The van der Waals surface area contributed by atoms with Gasteiger partial charge >= 0.3 is 0 Å². The number of ether oxygens (including phenoxy) is 1. The zero-order chi connectivity index (χ0) is 17.6. The number of aryl methyl sites for hydroxylation is 2. The second-order valence-electron chi connectivity index (χ2n) is 7.04. The highest BCUT2D eigenvalue weighted by Crippen LogP contribution is 2.23. The van der Waals surface area contributed by atoms with E-state index in [2.05, 4.69) is 31.3 Å². The highest BCUT2D eigenvalue weighted by Gasteiger charge is 2.17. The second kappa shape index (κ2) is 8.52. The molecule has 3 rings (SSSR count). The van der Waals surface area contributed by atoms with Gasteiger partial charge in [0.1, 0.15) is 12.4 Å². The molecule has 0 radical (unpaired) electrons. The lowest BCUT2D eigenvalue weighted by Crippen LogP contribution is -2.33. The summed E-state index contributed by atoms with van der Waals surface area (Å²) in [5.74, 6) is 0.968. The summed E-state index contributed by atoms with van der Waals surface area (Å²) in [5, 5.41) is 5.23. The zero-order valence-electron chi connectivity index (χ0n) is 15.1. The molecule has 1 saturated carbocycles. The molecular formula is C21H27NO2S. The minimum atomic E-state index is 0.0645. The van der Waals surface area contributed by atoms with Gasteiger partial charge in [-0.3, -0.25) is 4.79 Å². The smallest absolute Gasteiger partial charge is 0.261 e. The molecule has 1 aliphatic carbocycles. The van der Waals surface area contributed by atoms with Crippen molar-refractivity contribution in [2.24, 2.45) is 0 Å². The highest BCUT2D eigenvalue weighted by atomic mass is 32.1. The maximum absolute atomic E-state index is 12.5. The fourth-order valence-electron chi connectivity index (χ4n) is 3.37. The van der Waals surface area contributed by atoms with Gasteiger partial charge < -0.3 is 10.1 Å². The SMILES string of the molecule is Cc1ccc(OCc2csc(C(=O)NC3CCCCCC3)c2)c(C)c1. The molecule has 4 heteroatoms. The minimum absolute atomic E-state index is 0.0645. The predicted molar refractivity (Wildman–Crippen MR) is 104 cm³/mol. The minimum Gasteiger partial charge on any atom is -0.489 e. The van der Waals surface area contributed by atoms with Crippen LogP contribution in [0, 0.1) is 13.8 Å². The Labute approximate surface area is 154 Å². The number of carbonyl (C=O) groups is 1. The van der Waals surface area contributed by atoms with Crippen LogP contribution in [0.25, 0.3) is 0 Å². The van der Waals surface area contributed by atoms with Crippen LogP contribution in [-0.2, 0) is 6.61 Å². The van der Waals surface area contributed by atoms with Gasteiger partial charge in [0, 0.05) is 11.6 Å². The molecular weight excluding hydrogens is 330 g/mol. The third-order valence-electron chi connectivity index (χ3n) is 4.79. The van der Waals surface area contributed by atoms with Crippen LogP contribution in [0.15, 0.2) is 29.6 Å². The van der Waals surface area contributed by atoms with Crippen molar-refractivity contribution in [3.63, 3.8) is 0 Å². The molecule has 3 nitrogen and oxygen atoms in total. The van der Waals surface area contributed by atoms with Gasteiger partial charge in [-0.15, -0.1) is 11.3 Å². The Kier molecular flexibility index (Phi) is 6.14. The van der Waals surface area contributed by atoms with Gasteiger partial charge in [0.15, 0.2) is 0 Å². The van der Waals surface area contributed by atoms with Crippen molar-refractivity contribution in [1.29, 1.82) is 0 Å².